The Bertz CT molecular complexity index is 688. The molecule has 122 valence electrons. The fourth-order valence-electron chi connectivity index (χ4n) is 1.84. The molecule has 0 aliphatic carbocycles. The fourth-order valence-corrected chi connectivity index (χ4v) is 2.16. The van der Waals surface area contributed by atoms with Gasteiger partial charge < -0.3 is 10.5 Å². The molecule has 1 heterocycles. The molecular formula is C17H20ClN3O2. The predicted octanol–water partition coefficient (Wildman–Crippen LogP) is 3.94. The SMILES string of the molecule is CC.CCOC(=O)c1cnc(N)c(C(=N)c2ccccc2)c1Cl. The van der Waals surface area contributed by atoms with Crippen LogP contribution in [0, 0.1) is 5.41 Å². The molecule has 0 aliphatic heterocycles. The third-order valence-electron chi connectivity index (χ3n) is 2.85. The van der Waals surface area contributed by atoms with Gasteiger partial charge >= 0.3 is 5.97 Å². The number of pyridine rings is 1. The minimum atomic E-state index is -0.586. The zero-order valence-corrected chi connectivity index (χ0v) is 14.1. The molecule has 23 heavy (non-hydrogen) atoms. The van der Waals surface area contributed by atoms with Gasteiger partial charge in [-0.2, -0.15) is 0 Å². The highest BCUT2D eigenvalue weighted by Crippen LogP contribution is 2.27. The molecular weight excluding hydrogens is 314 g/mol. The van der Waals surface area contributed by atoms with Crippen LogP contribution in [-0.4, -0.2) is 23.3 Å². The highest BCUT2D eigenvalue weighted by Gasteiger charge is 2.21. The van der Waals surface area contributed by atoms with Gasteiger partial charge in [-0.25, -0.2) is 9.78 Å². The highest BCUT2D eigenvalue weighted by molar-refractivity contribution is 6.38. The Labute approximate surface area is 141 Å². The molecule has 2 rings (SSSR count). The minimum Gasteiger partial charge on any atom is -0.462 e. The topological polar surface area (TPSA) is 89.1 Å². The zero-order valence-electron chi connectivity index (χ0n) is 13.4. The first-order valence-electron chi connectivity index (χ1n) is 7.31. The fraction of sp³-hybridized carbons (Fsp3) is 0.235. The van der Waals surface area contributed by atoms with Crippen LogP contribution in [0.1, 0.15) is 42.3 Å². The number of aromatic nitrogens is 1. The van der Waals surface area contributed by atoms with Crippen LogP contribution < -0.4 is 5.73 Å². The Hall–Kier alpha value is -2.40. The number of benzene rings is 1. The second-order valence-corrected chi connectivity index (χ2v) is 4.59. The second kappa shape index (κ2) is 8.90. The van der Waals surface area contributed by atoms with Crippen molar-refractivity contribution in [1.29, 1.82) is 5.41 Å². The Morgan fingerprint density at radius 2 is 1.91 bits per heavy atom. The third-order valence-corrected chi connectivity index (χ3v) is 3.25. The lowest BCUT2D eigenvalue weighted by molar-refractivity contribution is 0.0526. The summed E-state index contributed by atoms with van der Waals surface area (Å²) in [5.74, 6) is -0.487. The van der Waals surface area contributed by atoms with E-state index < -0.39 is 5.97 Å². The number of ether oxygens (including phenoxy) is 1. The van der Waals surface area contributed by atoms with Crippen LogP contribution in [0.4, 0.5) is 5.82 Å². The lowest BCUT2D eigenvalue weighted by Gasteiger charge is -2.12. The first-order chi connectivity index (χ1) is 11.1. The van der Waals surface area contributed by atoms with Crippen LogP contribution in [-0.2, 0) is 4.74 Å². The van der Waals surface area contributed by atoms with E-state index in [1.54, 1.807) is 31.2 Å². The van der Waals surface area contributed by atoms with Crippen molar-refractivity contribution in [3.8, 4) is 0 Å². The molecule has 0 atom stereocenters. The summed E-state index contributed by atoms with van der Waals surface area (Å²) in [5, 5.41) is 8.31. The Kier molecular flexibility index (Phi) is 7.22. The lowest BCUT2D eigenvalue weighted by Crippen LogP contribution is -2.13. The monoisotopic (exact) mass is 333 g/mol. The van der Waals surface area contributed by atoms with Gasteiger partial charge in [0.2, 0.25) is 0 Å². The second-order valence-electron chi connectivity index (χ2n) is 4.21. The van der Waals surface area contributed by atoms with Crippen molar-refractivity contribution in [2.45, 2.75) is 20.8 Å². The average Bonchev–Trinajstić information content (AvgIpc) is 2.57. The van der Waals surface area contributed by atoms with E-state index in [0.29, 0.717) is 5.56 Å². The van der Waals surface area contributed by atoms with Gasteiger partial charge in [-0.15, -0.1) is 0 Å². The van der Waals surface area contributed by atoms with Gasteiger partial charge in [-0.3, -0.25) is 5.41 Å². The molecule has 0 spiro atoms. The van der Waals surface area contributed by atoms with Gasteiger partial charge in [0.1, 0.15) is 5.82 Å². The molecule has 5 nitrogen and oxygen atoms in total. The number of carbonyl (C=O) groups excluding carboxylic acids is 1. The molecule has 0 amide bonds. The van der Waals surface area contributed by atoms with E-state index >= 15 is 0 Å². The molecule has 6 heteroatoms. The Morgan fingerprint density at radius 1 is 1.30 bits per heavy atom. The van der Waals surface area contributed by atoms with Crippen molar-refractivity contribution < 1.29 is 9.53 Å². The molecule has 0 bridgehead atoms. The van der Waals surface area contributed by atoms with Crippen molar-refractivity contribution in [3.05, 3.63) is 58.2 Å². The smallest absolute Gasteiger partial charge is 0.341 e. The summed E-state index contributed by atoms with van der Waals surface area (Å²) in [6.07, 6.45) is 1.26. The van der Waals surface area contributed by atoms with Gasteiger partial charge in [-0.1, -0.05) is 55.8 Å². The summed E-state index contributed by atoms with van der Waals surface area (Å²) >= 11 is 6.23. The maximum absolute atomic E-state index is 11.8. The Balaban J connectivity index is 0.00000127. The van der Waals surface area contributed by atoms with E-state index in [2.05, 4.69) is 4.98 Å². The van der Waals surface area contributed by atoms with Crippen molar-refractivity contribution in [2.24, 2.45) is 0 Å². The van der Waals surface area contributed by atoms with Crippen molar-refractivity contribution in [1.82, 2.24) is 4.98 Å². The molecule has 2 aromatic rings. The Morgan fingerprint density at radius 3 is 2.48 bits per heavy atom. The number of nitrogen functional groups attached to an aromatic ring is 1. The van der Waals surface area contributed by atoms with Gasteiger partial charge in [0.05, 0.1) is 28.5 Å². The molecule has 0 saturated heterocycles. The summed E-state index contributed by atoms with van der Waals surface area (Å²) < 4.78 is 4.91. The van der Waals surface area contributed by atoms with E-state index in [0.717, 1.165) is 0 Å². The molecule has 1 aromatic heterocycles. The van der Waals surface area contributed by atoms with Crippen molar-refractivity contribution in [3.63, 3.8) is 0 Å². The number of halogens is 1. The average molecular weight is 334 g/mol. The van der Waals surface area contributed by atoms with E-state index in [-0.39, 0.29) is 34.3 Å². The van der Waals surface area contributed by atoms with Gasteiger partial charge in [0.15, 0.2) is 0 Å². The summed E-state index contributed by atoms with van der Waals surface area (Å²) in [7, 11) is 0. The number of hydrogen-bond donors (Lipinski definition) is 2. The maximum atomic E-state index is 11.8. The summed E-state index contributed by atoms with van der Waals surface area (Å²) in [6.45, 7) is 5.93. The number of hydrogen-bond acceptors (Lipinski definition) is 5. The summed E-state index contributed by atoms with van der Waals surface area (Å²) in [6, 6.07) is 8.96. The number of nitrogens with two attached hydrogens (primary N) is 1. The van der Waals surface area contributed by atoms with Crippen LogP contribution in [0.15, 0.2) is 36.5 Å². The number of esters is 1. The standard InChI is InChI=1S/C15H14ClN3O2.C2H6/c1-2-21-15(20)10-8-19-14(18)11(12(10)16)13(17)9-6-4-3-5-7-9;1-2/h3-8,17H,2H2,1H3,(H2,18,19);1-2H3. The predicted molar refractivity (Wildman–Crippen MR) is 93.3 cm³/mol. The van der Waals surface area contributed by atoms with E-state index in [1.807, 2.05) is 19.9 Å². The normalized spacial score (nSPS) is 9.57. The molecule has 0 radical (unpaired) electrons. The largest absolute Gasteiger partial charge is 0.462 e. The highest BCUT2D eigenvalue weighted by atomic mass is 35.5. The van der Waals surface area contributed by atoms with Gasteiger partial charge in [0, 0.05) is 11.8 Å². The van der Waals surface area contributed by atoms with E-state index in [4.69, 9.17) is 27.5 Å². The van der Waals surface area contributed by atoms with Crippen molar-refractivity contribution in [2.75, 3.05) is 12.3 Å². The molecule has 0 fully saturated rings. The van der Waals surface area contributed by atoms with Gasteiger partial charge in [0.25, 0.3) is 0 Å². The van der Waals surface area contributed by atoms with Crippen LogP contribution in [0.5, 0.6) is 0 Å². The molecule has 3 N–H and O–H groups in total. The third kappa shape index (κ3) is 4.29. The quantitative estimate of drug-likeness (QED) is 0.655. The van der Waals surface area contributed by atoms with E-state index in [1.165, 1.54) is 6.20 Å². The number of carbonyl (C=O) groups is 1. The van der Waals surface area contributed by atoms with Crippen LogP contribution in [0.3, 0.4) is 0 Å². The molecule has 0 saturated carbocycles. The summed E-state index contributed by atoms with van der Waals surface area (Å²) in [4.78, 5) is 15.8. The first kappa shape index (κ1) is 18.6. The number of rotatable bonds is 4. The summed E-state index contributed by atoms with van der Waals surface area (Å²) in [5.41, 5.74) is 6.89. The lowest BCUT2D eigenvalue weighted by atomic mass is 10.0. The first-order valence-corrected chi connectivity index (χ1v) is 7.69. The van der Waals surface area contributed by atoms with E-state index in [9.17, 15) is 4.79 Å². The molecule has 0 aliphatic rings. The number of nitrogens with one attached hydrogen (secondary N) is 1. The zero-order chi connectivity index (χ0) is 17.4. The van der Waals surface area contributed by atoms with Crippen LogP contribution >= 0.6 is 11.6 Å². The van der Waals surface area contributed by atoms with Crippen molar-refractivity contribution >= 4 is 29.1 Å². The molecule has 0 unspecified atom stereocenters. The van der Waals surface area contributed by atoms with Crippen LogP contribution in [0.2, 0.25) is 5.02 Å². The number of anilines is 1. The number of nitrogens with zero attached hydrogens (tertiary/aromatic N) is 1. The van der Waals surface area contributed by atoms with Gasteiger partial charge in [-0.05, 0) is 6.92 Å². The van der Waals surface area contributed by atoms with Crippen LogP contribution in [0.25, 0.3) is 0 Å². The molecule has 1 aromatic carbocycles. The maximum Gasteiger partial charge on any atom is 0.341 e. The minimum absolute atomic E-state index is 0.0785.